The molecule has 8 aromatic rings. The summed E-state index contributed by atoms with van der Waals surface area (Å²) < 4.78 is 0. The van der Waals surface area contributed by atoms with Gasteiger partial charge in [0.25, 0.3) is 0 Å². The van der Waals surface area contributed by atoms with E-state index in [1.807, 2.05) is 0 Å². The van der Waals surface area contributed by atoms with E-state index in [1.165, 1.54) is 54.9 Å². The molecule has 0 fully saturated rings. The maximum Gasteiger partial charge on any atom is 0.0929 e. The van der Waals surface area contributed by atoms with Crippen LogP contribution < -0.4 is 0 Å². The maximum absolute atomic E-state index is 5.16. The number of fused-ring (bicyclic) bond motifs is 10. The van der Waals surface area contributed by atoms with Gasteiger partial charge >= 0.3 is 0 Å². The van der Waals surface area contributed by atoms with E-state index >= 15 is 0 Å². The highest BCUT2D eigenvalue weighted by Crippen LogP contribution is 2.38. The molecule has 0 spiro atoms. The number of hydrogen-bond donors (Lipinski definition) is 0. The van der Waals surface area contributed by atoms with Gasteiger partial charge in [-0.05, 0) is 120 Å². The van der Waals surface area contributed by atoms with Crippen LogP contribution in [0, 0.1) is 0 Å². The van der Waals surface area contributed by atoms with Gasteiger partial charge in [-0.15, -0.1) is 0 Å². The fourth-order valence-corrected chi connectivity index (χ4v) is 7.24. The SMILES string of the molecule is c1ccc2nc3c(cc2c1)CCc1cc2cc(-c4ccc5nc6c(cc5c4)CCc4cc5ccccc5nc4-6)ccc2nc1-3. The second-order valence-corrected chi connectivity index (χ2v) is 12.2. The first-order valence-electron chi connectivity index (χ1n) is 15.4. The molecular formula is C40H26N4. The van der Waals surface area contributed by atoms with Crippen LogP contribution in [0.3, 0.4) is 0 Å². The highest BCUT2D eigenvalue weighted by atomic mass is 14.8. The highest BCUT2D eigenvalue weighted by Gasteiger charge is 2.22. The Hall–Kier alpha value is -5.48. The molecule has 206 valence electrons. The Morgan fingerprint density at radius 1 is 0.318 bits per heavy atom. The summed E-state index contributed by atoms with van der Waals surface area (Å²) in [6.45, 7) is 0. The lowest BCUT2D eigenvalue weighted by Gasteiger charge is -2.20. The summed E-state index contributed by atoms with van der Waals surface area (Å²) >= 11 is 0. The number of hydrogen-bond acceptors (Lipinski definition) is 4. The van der Waals surface area contributed by atoms with Crippen LogP contribution in [-0.2, 0) is 25.7 Å². The van der Waals surface area contributed by atoms with Gasteiger partial charge in [-0.25, -0.2) is 19.9 Å². The molecule has 44 heavy (non-hydrogen) atoms. The summed E-state index contributed by atoms with van der Waals surface area (Å²) in [5.74, 6) is 0. The fraction of sp³-hybridized carbons (Fsp3) is 0.100. The Kier molecular flexibility index (Phi) is 4.92. The molecule has 4 aromatic carbocycles. The van der Waals surface area contributed by atoms with E-state index < -0.39 is 0 Å². The standard InChI is InChI=1S/C40H26N4/c1-3-7-33-25(5-1)19-27-9-11-29-21-31-17-23(13-15-35(31)43-39(29)37(27)41-33)24-14-16-36-32(18-24)22-30-12-10-28-20-26-6-2-4-8-34(26)42-38(28)40(30)44-36/h1-8,13-22H,9-12H2. The van der Waals surface area contributed by atoms with Crippen LogP contribution in [0.5, 0.6) is 0 Å². The van der Waals surface area contributed by atoms with Gasteiger partial charge in [0.2, 0.25) is 0 Å². The van der Waals surface area contributed by atoms with Gasteiger partial charge in [-0.2, -0.15) is 0 Å². The molecule has 2 aliphatic rings. The summed E-state index contributed by atoms with van der Waals surface area (Å²) in [5.41, 5.74) is 15.7. The normalized spacial score (nSPS) is 13.5. The minimum Gasteiger partial charge on any atom is -0.246 e. The molecule has 0 saturated heterocycles. The molecule has 0 bridgehead atoms. The first-order valence-corrected chi connectivity index (χ1v) is 15.4. The van der Waals surface area contributed by atoms with Crippen LogP contribution in [0.25, 0.3) is 77.5 Å². The zero-order chi connectivity index (χ0) is 28.8. The second-order valence-electron chi connectivity index (χ2n) is 12.2. The van der Waals surface area contributed by atoms with Crippen molar-refractivity contribution in [2.24, 2.45) is 0 Å². The van der Waals surface area contributed by atoms with Crippen molar-refractivity contribution in [3.8, 4) is 33.9 Å². The van der Waals surface area contributed by atoms with Gasteiger partial charge in [0, 0.05) is 21.5 Å². The van der Waals surface area contributed by atoms with Crippen LogP contribution in [0.1, 0.15) is 22.3 Å². The number of aromatic nitrogens is 4. The van der Waals surface area contributed by atoms with E-state index in [9.17, 15) is 0 Å². The van der Waals surface area contributed by atoms with Crippen LogP contribution in [0.15, 0.2) is 109 Å². The Labute approximate surface area is 254 Å². The van der Waals surface area contributed by atoms with Crippen LogP contribution in [0.2, 0.25) is 0 Å². The molecule has 0 unspecified atom stereocenters. The van der Waals surface area contributed by atoms with Gasteiger partial charge in [-0.3, -0.25) is 0 Å². The quantitative estimate of drug-likeness (QED) is 0.200. The minimum absolute atomic E-state index is 0.982. The molecule has 10 rings (SSSR count). The highest BCUT2D eigenvalue weighted by molar-refractivity contribution is 5.93. The van der Waals surface area contributed by atoms with Crippen molar-refractivity contribution in [3.05, 3.63) is 131 Å². The Balaban J connectivity index is 1.04. The third-order valence-corrected chi connectivity index (χ3v) is 9.50. The lowest BCUT2D eigenvalue weighted by Crippen LogP contribution is -2.08. The molecule has 0 N–H and O–H groups in total. The van der Waals surface area contributed by atoms with Crippen molar-refractivity contribution >= 4 is 43.6 Å². The first-order chi connectivity index (χ1) is 21.7. The third-order valence-electron chi connectivity index (χ3n) is 9.50. The number of rotatable bonds is 1. The van der Waals surface area contributed by atoms with E-state index in [-0.39, 0.29) is 0 Å². The number of benzene rings is 4. The van der Waals surface area contributed by atoms with Crippen LogP contribution >= 0.6 is 0 Å². The van der Waals surface area contributed by atoms with E-state index in [0.717, 1.165) is 70.5 Å². The lowest BCUT2D eigenvalue weighted by molar-refractivity contribution is 0.923. The zero-order valence-corrected chi connectivity index (χ0v) is 24.0. The largest absolute Gasteiger partial charge is 0.246 e. The summed E-state index contributed by atoms with van der Waals surface area (Å²) in [6, 6.07) is 39.2. The molecule has 0 amide bonds. The average Bonchev–Trinajstić information content (AvgIpc) is 3.07. The summed E-state index contributed by atoms with van der Waals surface area (Å²) in [4.78, 5) is 20.4. The molecule has 0 radical (unpaired) electrons. The van der Waals surface area contributed by atoms with Crippen molar-refractivity contribution in [1.29, 1.82) is 0 Å². The summed E-state index contributed by atoms with van der Waals surface area (Å²) in [6.07, 6.45) is 3.95. The smallest absolute Gasteiger partial charge is 0.0929 e. The monoisotopic (exact) mass is 562 g/mol. The Morgan fingerprint density at radius 2 is 0.659 bits per heavy atom. The molecule has 4 aromatic heterocycles. The summed E-state index contributed by atoms with van der Waals surface area (Å²) in [7, 11) is 0. The third kappa shape index (κ3) is 3.64. The van der Waals surface area contributed by atoms with E-state index in [1.54, 1.807) is 0 Å². The number of nitrogens with zero attached hydrogens (tertiary/aromatic N) is 4. The average molecular weight is 563 g/mol. The molecular weight excluding hydrogens is 536 g/mol. The number of para-hydroxylation sites is 2. The molecule has 4 heteroatoms. The zero-order valence-electron chi connectivity index (χ0n) is 24.0. The molecule has 2 aliphatic carbocycles. The van der Waals surface area contributed by atoms with Crippen LogP contribution in [-0.4, -0.2) is 19.9 Å². The molecule has 0 aliphatic heterocycles. The Morgan fingerprint density at radius 3 is 1.07 bits per heavy atom. The van der Waals surface area contributed by atoms with Crippen molar-refractivity contribution < 1.29 is 0 Å². The predicted octanol–water partition coefficient (Wildman–Crippen LogP) is 9.08. The van der Waals surface area contributed by atoms with Crippen molar-refractivity contribution in [1.82, 2.24) is 19.9 Å². The first kappa shape index (κ1) is 24.0. The van der Waals surface area contributed by atoms with Gasteiger partial charge in [0.1, 0.15) is 0 Å². The van der Waals surface area contributed by atoms with Crippen molar-refractivity contribution in [2.75, 3.05) is 0 Å². The van der Waals surface area contributed by atoms with Gasteiger partial charge < -0.3 is 0 Å². The number of pyridine rings is 4. The van der Waals surface area contributed by atoms with Gasteiger partial charge in [0.05, 0.1) is 44.8 Å². The fourth-order valence-electron chi connectivity index (χ4n) is 7.24. The van der Waals surface area contributed by atoms with Crippen molar-refractivity contribution in [2.45, 2.75) is 25.7 Å². The molecule has 4 heterocycles. The van der Waals surface area contributed by atoms with E-state index in [4.69, 9.17) is 19.9 Å². The maximum atomic E-state index is 5.16. The molecule has 0 atom stereocenters. The predicted molar refractivity (Wildman–Crippen MR) is 179 cm³/mol. The number of aryl methyl sites for hydroxylation is 4. The summed E-state index contributed by atoms with van der Waals surface area (Å²) in [5, 5.41) is 4.73. The van der Waals surface area contributed by atoms with Crippen molar-refractivity contribution in [3.63, 3.8) is 0 Å². The molecule has 0 saturated carbocycles. The Bertz CT molecular complexity index is 2340. The second kappa shape index (κ2) is 9.01. The van der Waals surface area contributed by atoms with E-state index in [0.29, 0.717) is 0 Å². The van der Waals surface area contributed by atoms with Crippen LogP contribution in [0.4, 0.5) is 0 Å². The lowest BCUT2D eigenvalue weighted by atomic mass is 9.90. The van der Waals surface area contributed by atoms with Gasteiger partial charge in [-0.1, -0.05) is 48.5 Å². The topological polar surface area (TPSA) is 51.6 Å². The minimum atomic E-state index is 0.982. The van der Waals surface area contributed by atoms with Gasteiger partial charge in [0.15, 0.2) is 0 Å². The van der Waals surface area contributed by atoms with E-state index in [2.05, 4.69) is 109 Å². The molecule has 4 nitrogen and oxygen atoms in total.